The van der Waals surface area contributed by atoms with Gasteiger partial charge in [-0.2, -0.15) is 0 Å². The molecule has 146 valence electrons. The Morgan fingerprint density at radius 1 is 1.00 bits per heavy atom. The van der Waals surface area contributed by atoms with Crippen LogP contribution in [-0.4, -0.2) is 29.9 Å². The van der Waals surface area contributed by atoms with Crippen LogP contribution in [0.4, 0.5) is 15.1 Å². The van der Waals surface area contributed by atoms with E-state index in [0.29, 0.717) is 11.3 Å². The van der Waals surface area contributed by atoms with Gasteiger partial charge in [0, 0.05) is 25.2 Å². The lowest BCUT2D eigenvalue weighted by Gasteiger charge is -2.18. The minimum atomic E-state index is -0.500. The summed E-state index contributed by atoms with van der Waals surface area (Å²) in [6, 6.07) is 8.91. The first-order valence-corrected chi connectivity index (χ1v) is 9.54. The van der Waals surface area contributed by atoms with Crippen LogP contribution in [0.1, 0.15) is 37.0 Å². The molecule has 3 heterocycles. The molecule has 28 heavy (non-hydrogen) atoms. The van der Waals surface area contributed by atoms with Gasteiger partial charge >= 0.3 is 6.03 Å². The van der Waals surface area contributed by atoms with Crippen LogP contribution in [-0.2, 0) is 11.3 Å². The highest BCUT2D eigenvalue weighted by atomic mass is 19.1. The molecule has 0 unspecified atom stereocenters. The molecule has 2 aliphatic heterocycles. The average molecular weight is 383 g/mol. The van der Waals surface area contributed by atoms with Gasteiger partial charge in [-0.05, 0) is 36.6 Å². The number of hydrogen-bond donors (Lipinski definition) is 1. The van der Waals surface area contributed by atoms with Crippen LogP contribution in [0.25, 0.3) is 6.08 Å². The van der Waals surface area contributed by atoms with Crippen LogP contribution in [0.15, 0.2) is 46.5 Å². The Bertz CT molecular complexity index is 896. The van der Waals surface area contributed by atoms with Gasteiger partial charge in [-0.1, -0.05) is 25.0 Å². The molecule has 6 nitrogen and oxygen atoms in total. The molecule has 3 amide bonds. The lowest BCUT2D eigenvalue weighted by Crippen LogP contribution is -2.30. The van der Waals surface area contributed by atoms with Gasteiger partial charge in [-0.25, -0.2) is 9.18 Å². The molecule has 1 aromatic carbocycles. The fraction of sp³-hybridized carbons (Fsp3) is 0.333. The molecular weight excluding hydrogens is 361 g/mol. The number of nitrogens with one attached hydrogen (secondary N) is 1. The number of anilines is 1. The van der Waals surface area contributed by atoms with Crippen molar-refractivity contribution in [3.63, 3.8) is 0 Å². The second-order valence-electron chi connectivity index (χ2n) is 7.08. The standard InChI is InChI=1S/C21H22FN3O3/c22-16-7-5-15(6-8-16)14-25-20(26)18(23-21(25)27)13-17-9-10-19(28-17)24-11-3-1-2-4-12-24/h5-10,13H,1-4,11-12,14H2,(H,23,27)/b18-13+. The zero-order chi connectivity index (χ0) is 19.5. The van der Waals surface area contributed by atoms with Crippen molar-refractivity contribution in [2.24, 2.45) is 0 Å². The fourth-order valence-electron chi connectivity index (χ4n) is 3.51. The lowest BCUT2D eigenvalue weighted by molar-refractivity contribution is -0.123. The van der Waals surface area contributed by atoms with Crippen LogP contribution in [0, 0.1) is 5.82 Å². The van der Waals surface area contributed by atoms with Crippen LogP contribution < -0.4 is 10.2 Å². The molecular formula is C21H22FN3O3. The number of urea groups is 1. The van der Waals surface area contributed by atoms with Crippen molar-refractivity contribution in [2.75, 3.05) is 18.0 Å². The predicted molar refractivity (Wildman–Crippen MR) is 103 cm³/mol. The molecule has 0 radical (unpaired) electrons. The molecule has 0 bridgehead atoms. The van der Waals surface area contributed by atoms with Crippen molar-refractivity contribution in [3.8, 4) is 0 Å². The Morgan fingerprint density at radius 2 is 1.71 bits per heavy atom. The highest BCUT2D eigenvalue weighted by Gasteiger charge is 2.33. The number of carbonyl (C=O) groups is 2. The molecule has 2 saturated heterocycles. The number of amides is 3. The summed E-state index contributed by atoms with van der Waals surface area (Å²) in [7, 11) is 0. The van der Waals surface area contributed by atoms with Crippen LogP contribution in [0.2, 0.25) is 0 Å². The molecule has 2 aliphatic rings. The Kier molecular flexibility index (Phi) is 5.14. The molecule has 7 heteroatoms. The van der Waals surface area contributed by atoms with Crippen LogP contribution >= 0.6 is 0 Å². The van der Waals surface area contributed by atoms with E-state index in [-0.39, 0.29) is 18.1 Å². The highest BCUT2D eigenvalue weighted by molar-refractivity contribution is 6.13. The third-order valence-electron chi connectivity index (χ3n) is 5.03. The number of benzene rings is 1. The van der Waals surface area contributed by atoms with Crippen molar-refractivity contribution < 1.29 is 18.4 Å². The van der Waals surface area contributed by atoms with Crippen LogP contribution in [0.3, 0.4) is 0 Å². The average Bonchev–Trinajstić information content (AvgIpc) is 3.12. The number of imide groups is 1. The maximum absolute atomic E-state index is 13.0. The van der Waals surface area contributed by atoms with Crippen molar-refractivity contribution in [1.29, 1.82) is 0 Å². The van der Waals surface area contributed by atoms with E-state index in [1.807, 2.05) is 6.07 Å². The fourth-order valence-corrected chi connectivity index (χ4v) is 3.51. The smallest absolute Gasteiger partial charge is 0.329 e. The van der Waals surface area contributed by atoms with Crippen LogP contribution in [0.5, 0.6) is 0 Å². The third-order valence-corrected chi connectivity index (χ3v) is 5.03. The van der Waals surface area contributed by atoms with E-state index >= 15 is 0 Å². The normalized spacial score (nSPS) is 19.2. The summed E-state index contributed by atoms with van der Waals surface area (Å²) in [6.07, 6.45) is 6.30. The van der Waals surface area contributed by atoms with E-state index in [1.54, 1.807) is 24.3 Å². The third kappa shape index (κ3) is 3.93. The SMILES string of the molecule is O=C1N/C(=C/c2ccc(N3CCCCCC3)o2)C(=O)N1Cc1ccc(F)cc1. The van der Waals surface area contributed by atoms with Crippen molar-refractivity contribution in [1.82, 2.24) is 10.2 Å². The summed E-state index contributed by atoms with van der Waals surface area (Å²) in [6.45, 7) is 2.01. The van der Waals surface area contributed by atoms with E-state index in [2.05, 4.69) is 10.2 Å². The minimum absolute atomic E-state index is 0.0828. The monoisotopic (exact) mass is 383 g/mol. The van der Waals surface area contributed by atoms with E-state index in [4.69, 9.17) is 4.42 Å². The van der Waals surface area contributed by atoms with Gasteiger partial charge in [-0.15, -0.1) is 0 Å². The maximum Gasteiger partial charge on any atom is 0.329 e. The van der Waals surface area contributed by atoms with E-state index in [9.17, 15) is 14.0 Å². The first kappa shape index (κ1) is 18.3. The summed E-state index contributed by atoms with van der Waals surface area (Å²) in [5, 5.41) is 2.58. The summed E-state index contributed by atoms with van der Waals surface area (Å²) in [5.41, 5.74) is 0.844. The molecule has 1 N–H and O–H groups in total. The van der Waals surface area contributed by atoms with Gasteiger partial charge in [0.15, 0.2) is 5.88 Å². The first-order chi connectivity index (χ1) is 13.6. The molecule has 0 aliphatic carbocycles. The number of carbonyl (C=O) groups excluding carboxylic acids is 2. The molecule has 1 aromatic heterocycles. The van der Waals surface area contributed by atoms with Gasteiger partial charge in [0.1, 0.15) is 17.3 Å². The van der Waals surface area contributed by atoms with Crippen molar-refractivity contribution >= 4 is 23.9 Å². The highest BCUT2D eigenvalue weighted by Crippen LogP contribution is 2.24. The van der Waals surface area contributed by atoms with Gasteiger partial charge in [-0.3, -0.25) is 9.69 Å². The Hall–Kier alpha value is -3.09. The first-order valence-electron chi connectivity index (χ1n) is 9.54. The zero-order valence-electron chi connectivity index (χ0n) is 15.5. The Morgan fingerprint density at radius 3 is 2.43 bits per heavy atom. The molecule has 4 rings (SSSR count). The molecule has 2 aromatic rings. The van der Waals surface area contributed by atoms with E-state index in [0.717, 1.165) is 36.7 Å². The molecule has 0 saturated carbocycles. The molecule has 2 fully saturated rings. The summed E-state index contributed by atoms with van der Waals surface area (Å²) < 4.78 is 18.9. The number of rotatable bonds is 4. The van der Waals surface area contributed by atoms with Crippen molar-refractivity contribution in [2.45, 2.75) is 32.2 Å². The second kappa shape index (κ2) is 7.88. The van der Waals surface area contributed by atoms with Gasteiger partial charge < -0.3 is 14.6 Å². The van der Waals surface area contributed by atoms with Gasteiger partial charge in [0.25, 0.3) is 5.91 Å². The van der Waals surface area contributed by atoms with Gasteiger partial charge in [0.05, 0.1) is 6.54 Å². The second-order valence-corrected chi connectivity index (χ2v) is 7.08. The lowest BCUT2D eigenvalue weighted by atomic mass is 10.2. The summed E-state index contributed by atoms with van der Waals surface area (Å²) >= 11 is 0. The minimum Gasteiger partial charge on any atom is -0.441 e. The predicted octanol–water partition coefficient (Wildman–Crippen LogP) is 3.89. The Balaban J connectivity index is 1.47. The largest absolute Gasteiger partial charge is 0.441 e. The summed E-state index contributed by atoms with van der Waals surface area (Å²) in [4.78, 5) is 28.1. The molecule has 0 atom stereocenters. The topological polar surface area (TPSA) is 65.8 Å². The van der Waals surface area contributed by atoms with E-state index in [1.165, 1.54) is 25.0 Å². The number of hydrogen-bond acceptors (Lipinski definition) is 4. The van der Waals surface area contributed by atoms with Gasteiger partial charge in [0.2, 0.25) is 0 Å². The zero-order valence-corrected chi connectivity index (χ0v) is 15.5. The van der Waals surface area contributed by atoms with Crippen molar-refractivity contribution in [3.05, 3.63) is 59.2 Å². The van der Waals surface area contributed by atoms with E-state index < -0.39 is 11.9 Å². The molecule has 0 spiro atoms. The maximum atomic E-state index is 13.0. The number of halogens is 1. The quantitative estimate of drug-likeness (QED) is 0.643. The summed E-state index contributed by atoms with van der Waals surface area (Å²) in [5.74, 6) is 0.516. The number of furan rings is 1. The Labute approximate surface area is 162 Å². The number of nitrogens with zero attached hydrogens (tertiary/aromatic N) is 2.